The van der Waals surface area contributed by atoms with Gasteiger partial charge in [-0.15, -0.1) is 11.6 Å². The average Bonchev–Trinajstić information content (AvgIpc) is 2.79. The van der Waals surface area contributed by atoms with E-state index in [-0.39, 0.29) is 24.5 Å². The summed E-state index contributed by atoms with van der Waals surface area (Å²) in [6, 6.07) is 15.2. The van der Waals surface area contributed by atoms with Crippen molar-refractivity contribution in [2.75, 3.05) is 25.8 Å². The van der Waals surface area contributed by atoms with E-state index in [2.05, 4.69) is 13.8 Å². The van der Waals surface area contributed by atoms with Crippen molar-refractivity contribution in [1.82, 2.24) is 0 Å². The fourth-order valence-electron chi connectivity index (χ4n) is 3.17. The Labute approximate surface area is 198 Å². The molecule has 0 saturated carbocycles. The average molecular weight is 481 g/mol. The highest BCUT2D eigenvalue weighted by atomic mass is 35.5. The van der Waals surface area contributed by atoms with Gasteiger partial charge in [0.1, 0.15) is 37.5 Å². The first kappa shape index (κ1) is 26.5. The summed E-state index contributed by atoms with van der Waals surface area (Å²) in [5.74, 6) is 0.423. The van der Waals surface area contributed by atoms with E-state index in [0.717, 1.165) is 11.1 Å². The Hall–Kier alpha value is -2.80. The largest absolute Gasteiger partial charge is 0.490 e. The minimum absolute atomic E-state index is 0.0533. The van der Waals surface area contributed by atoms with Crippen molar-refractivity contribution >= 4 is 23.5 Å². The Morgan fingerprint density at radius 3 is 1.58 bits per heavy atom. The molecule has 0 radical (unpaired) electrons. The molecule has 0 fully saturated rings. The molecule has 0 bridgehead atoms. The maximum absolute atomic E-state index is 12.9. The molecular weight excluding hydrogens is 451 g/mol. The van der Waals surface area contributed by atoms with E-state index in [4.69, 9.17) is 30.5 Å². The van der Waals surface area contributed by atoms with Crippen LogP contribution in [0.1, 0.15) is 38.8 Å². The highest BCUT2D eigenvalue weighted by Gasteiger charge is 2.23. The number of carbonyl (C=O) groups is 2. The summed E-state index contributed by atoms with van der Waals surface area (Å²) in [7, 11) is 0. The van der Waals surface area contributed by atoms with Crippen LogP contribution in [0.25, 0.3) is 0 Å². The summed E-state index contributed by atoms with van der Waals surface area (Å²) >= 11 is 5.80. The SMILES string of the molecule is CC(=O)O[C@H](CF)COc1ccc(C(C)(C)c2ccc(OC[C@@H](CCl)OC(C)=O)cc2)cc1. The summed E-state index contributed by atoms with van der Waals surface area (Å²) < 4.78 is 34.1. The van der Waals surface area contributed by atoms with E-state index in [1.54, 1.807) is 12.1 Å². The predicted octanol–water partition coefficient (Wildman–Crippen LogP) is 4.84. The third kappa shape index (κ3) is 8.24. The molecule has 2 aromatic rings. The third-order valence-electron chi connectivity index (χ3n) is 5.03. The Morgan fingerprint density at radius 1 is 0.818 bits per heavy atom. The van der Waals surface area contributed by atoms with Gasteiger partial charge in [-0.25, -0.2) is 4.39 Å². The van der Waals surface area contributed by atoms with Crippen LogP contribution in [0.4, 0.5) is 4.39 Å². The lowest BCUT2D eigenvalue weighted by molar-refractivity contribution is -0.149. The van der Waals surface area contributed by atoms with Crippen molar-refractivity contribution in [3.8, 4) is 11.5 Å². The maximum atomic E-state index is 12.9. The van der Waals surface area contributed by atoms with Gasteiger partial charge in [0, 0.05) is 19.3 Å². The second-order valence-corrected chi connectivity index (χ2v) is 8.38. The van der Waals surface area contributed by atoms with Gasteiger partial charge in [-0.3, -0.25) is 9.59 Å². The highest BCUT2D eigenvalue weighted by Crippen LogP contribution is 2.33. The fraction of sp³-hybridized carbons (Fsp3) is 0.440. The zero-order valence-corrected chi connectivity index (χ0v) is 20.1. The molecule has 0 heterocycles. The molecule has 0 unspecified atom stereocenters. The van der Waals surface area contributed by atoms with Crippen LogP contribution in [0.3, 0.4) is 0 Å². The van der Waals surface area contributed by atoms with Crippen LogP contribution in [0.15, 0.2) is 48.5 Å². The minimum atomic E-state index is -0.923. The van der Waals surface area contributed by atoms with Crippen molar-refractivity contribution in [3.05, 3.63) is 59.7 Å². The van der Waals surface area contributed by atoms with Gasteiger partial charge < -0.3 is 18.9 Å². The first-order chi connectivity index (χ1) is 15.6. The van der Waals surface area contributed by atoms with Gasteiger partial charge in [0.2, 0.25) is 0 Å². The number of esters is 2. The van der Waals surface area contributed by atoms with Crippen LogP contribution in [0.5, 0.6) is 11.5 Å². The monoisotopic (exact) mass is 480 g/mol. The summed E-state index contributed by atoms with van der Waals surface area (Å²) in [6.07, 6.45) is -1.43. The Kier molecular flexibility index (Phi) is 9.97. The van der Waals surface area contributed by atoms with Crippen molar-refractivity contribution in [2.24, 2.45) is 0 Å². The van der Waals surface area contributed by atoms with Gasteiger partial charge >= 0.3 is 11.9 Å². The molecule has 0 aliphatic heterocycles. The van der Waals surface area contributed by atoms with Crippen molar-refractivity contribution in [3.63, 3.8) is 0 Å². The number of rotatable bonds is 12. The number of hydrogen-bond acceptors (Lipinski definition) is 6. The van der Waals surface area contributed by atoms with Crippen LogP contribution in [-0.4, -0.2) is 49.9 Å². The molecule has 8 heteroatoms. The minimum Gasteiger partial charge on any atom is -0.490 e. The molecule has 0 N–H and O–H groups in total. The Bertz CT molecular complexity index is 825. The standard InChI is InChI=1S/C25H30ClFO6/c1-17(28)32-23(13-26)15-30-21-9-5-19(6-10-21)25(3,4)20-7-11-22(12-8-20)31-16-24(14-27)33-18(2)29/h5-12,23-24H,13-16H2,1-4H3/t23-,24-/m1/s1. The molecule has 6 nitrogen and oxygen atoms in total. The smallest absolute Gasteiger partial charge is 0.303 e. The Morgan fingerprint density at radius 2 is 1.21 bits per heavy atom. The number of hydrogen-bond donors (Lipinski definition) is 0. The molecule has 0 aromatic heterocycles. The zero-order chi connectivity index (χ0) is 24.4. The predicted molar refractivity (Wildman–Crippen MR) is 124 cm³/mol. The molecule has 33 heavy (non-hydrogen) atoms. The quantitative estimate of drug-likeness (QED) is 0.320. The number of benzene rings is 2. The van der Waals surface area contributed by atoms with E-state index >= 15 is 0 Å². The molecule has 180 valence electrons. The highest BCUT2D eigenvalue weighted by molar-refractivity contribution is 6.18. The molecule has 0 amide bonds. The van der Waals surface area contributed by atoms with Crippen LogP contribution in [0, 0.1) is 0 Å². The molecule has 0 saturated heterocycles. The molecular formula is C25H30ClFO6. The summed E-state index contributed by atoms with van der Waals surface area (Å²) in [4.78, 5) is 22.1. The zero-order valence-electron chi connectivity index (χ0n) is 19.3. The van der Waals surface area contributed by atoms with E-state index < -0.39 is 30.8 Å². The lowest BCUT2D eigenvalue weighted by atomic mass is 9.78. The van der Waals surface area contributed by atoms with Gasteiger partial charge in [0.25, 0.3) is 0 Å². The van der Waals surface area contributed by atoms with Crippen LogP contribution >= 0.6 is 11.6 Å². The lowest BCUT2D eigenvalue weighted by Crippen LogP contribution is -2.26. The van der Waals surface area contributed by atoms with Crippen LogP contribution < -0.4 is 9.47 Å². The molecule has 0 spiro atoms. The maximum Gasteiger partial charge on any atom is 0.303 e. The first-order valence-electron chi connectivity index (χ1n) is 10.6. The number of alkyl halides is 2. The molecule has 0 aliphatic carbocycles. The number of halogens is 2. The third-order valence-corrected chi connectivity index (χ3v) is 5.38. The summed E-state index contributed by atoms with van der Waals surface area (Å²) in [5, 5.41) is 0. The normalized spacial score (nSPS) is 13.0. The van der Waals surface area contributed by atoms with E-state index in [1.807, 2.05) is 36.4 Å². The topological polar surface area (TPSA) is 71.1 Å². The molecule has 2 rings (SSSR count). The van der Waals surface area contributed by atoms with Crippen molar-refractivity contribution in [2.45, 2.75) is 45.3 Å². The summed E-state index contributed by atoms with van der Waals surface area (Å²) in [6.45, 7) is 6.08. The molecule has 0 aliphatic rings. The van der Waals surface area contributed by atoms with Crippen molar-refractivity contribution in [1.29, 1.82) is 0 Å². The second kappa shape index (κ2) is 12.4. The van der Waals surface area contributed by atoms with Crippen molar-refractivity contribution < 1.29 is 32.9 Å². The molecule has 2 aromatic carbocycles. The van der Waals surface area contributed by atoms with Gasteiger partial charge in [0.15, 0.2) is 6.10 Å². The van der Waals surface area contributed by atoms with E-state index in [1.165, 1.54) is 13.8 Å². The number of ether oxygens (including phenoxy) is 4. The van der Waals surface area contributed by atoms with E-state index in [0.29, 0.717) is 11.5 Å². The summed E-state index contributed by atoms with van der Waals surface area (Å²) in [5.41, 5.74) is 1.83. The van der Waals surface area contributed by atoms with Gasteiger partial charge in [0.05, 0.1) is 5.88 Å². The van der Waals surface area contributed by atoms with E-state index in [9.17, 15) is 14.0 Å². The lowest BCUT2D eigenvalue weighted by Gasteiger charge is -2.26. The molecule has 2 atom stereocenters. The second-order valence-electron chi connectivity index (χ2n) is 8.07. The fourth-order valence-corrected chi connectivity index (χ4v) is 3.32. The first-order valence-corrected chi connectivity index (χ1v) is 11.1. The van der Waals surface area contributed by atoms with Gasteiger partial charge in [-0.2, -0.15) is 0 Å². The van der Waals surface area contributed by atoms with Crippen LogP contribution in [-0.2, 0) is 24.5 Å². The number of carbonyl (C=O) groups excluding carboxylic acids is 2. The van der Waals surface area contributed by atoms with Gasteiger partial charge in [-0.05, 0) is 35.4 Å². The van der Waals surface area contributed by atoms with Gasteiger partial charge in [-0.1, -0.05) is 38.1 Å². The van der Waals surface area contributed by atoms with Crippen LogP contribution in [0.2, 0.25) is 0 Å². The Balaban J connectivity index is 1.99.